The monoisotopic (exact) mass is 1310 g/mol. The summed E-state index contributed by atoms with van der Waals surface area (Å²) in [7, 11) is -5.39. The molecule has 6 heteroatoms. The number of fused-ring (bicyclic) bond motifs is 6. The van der Waals surface area contributed by atoms with Gasteiger partial charge in [0.15, 0.2) is 0 Å². The van der Waals surface area contributed by atoms with Gasteiger partial charge in [0.1, 0.15) is 58.5 Å². The van der Waals surface area contributed by atoms with Gasteiger partial charge in [0.2, 0.25) is 0 Å². The van der Waals surface area contributed by atoms with Crippen molar-refractivity contribution in [2.45, 2.75) is 40.0 Å². The molecule has 10 rings (SSSR count). The summed E-state index contributed by atoms with van der Waals surface area (Å²) in [5.74, 6) is 4.99. The second-order valence-corrected chi connectivity index (χ2v) is 31.3. The van der Waals surface area contributed by atoms with E-state index in [-0.39, 0.29) is 44.8 Å². The third kappa shape index (κ3) is 10.8. The minimum Gasteiger partial charge on any atom is -0.366 e. The summed E-state index contributed by atoms with van der Waals surface area (Å²) in [5.41, 5.74) is 7.26. The molecule has 2 heterocycles. The molecule has 0 aliphatic carbocycles. The summed E-state index contributed by atoms with van der Waals surface area (Å²) in [5, 5.41) is 14.6. The van der Waals surface area contributed by atoms with Crippen LogP contribution in [0.1, 0.15) is 25.0 Å². The third-order valence-electron chi connectivity index (χ3n) is 13.1. The second kappa shape index (κ2) is 23.6. The normalized spacial score (nSPS) is 13.5. The number of rotatable bonds is 7. The molecule has 0 N–H and O–H groups in total. The standard InChI is InChI=1S/C30H28P2.2C16H13Si.2Au/c1-3-16-25(4-2)31(26-17-8-5-9-18-26)29-23-14-15-24-30(29)32(27-19-10-6-11-20-27)28-21-12-7-13-22-28;2*1-4-12-9-10-14-13-7-5-6-8-15(13)17(2,3)16(14)11-12;;/h3-24H,1-2H3;2*5-11H,2-3H3;;/q;2*-1;2*+1/p+2/b16-3-,25-4+;;;;. The molecule has 2 aliphatic rings. The number of benzene rings is 8. The van der Waals surface area contributed by atoms with Gasteiger partial charge in [-0.3, -0.25) is 11.8 Å². The molecule has 1 unspecified atom stereocenters. The maximum Gasteiger partial charge on any atom is 1.00 e. The predicted molar refractivity (Wildman–Crippen MR) is 299 cm³/mol. The van der Waals surface area contributed by atoms with E-state index in [1.807, 2.05) is 12.1 Å². The fourth-order valence-electron chi connectivity index (χ4n) is 9.76. The molecule has 0 aromatic heterocycles. The van der Waals surface area contributed by atoms with Gasteiger partial charge in [-0.25, -0.2) is 0 Å². The zero-order valence-corrected chi connectivity index (χ0v) is 47.7. The van der Waals surface area contributed by atoms with Crippen LogP contribution in [0.25, 0.3) is 22.3 Å². The van der Waals surface area contributed by atoms with Crippen molar-refractivity contribution in [3.05, 3.63) is 248 Å². The van der Waals surface area contributed by atoms with Gasteiger partial charge in [-0.15, -0.1) is 35.4 Å². The second-order valence-electron chi connectivity index (χ2n) is 17.7. The first kappa shape index (κ1) is 52.5. The van der Waals surface area contributed by atoms with Crippen LogP contribution in [0.5, 0.6) is 0 Å². The summed E-state index contributed by atoms with van der Waals surface area (Å²) in [6, 6.07) is 72.3. The van der Waals surface area contributed by atoms with Crippen molar-refractivity contribution in [3.63, 3.8) is 0 Å². The van der Waals surface area contributed by atoms with Gasteiger partial charge >= 0.3 is 44.8 Å². The van der Waals surface area contributed by atoms with Crippen LogP contribution in [0.2, 0.25) is 26.2 Å². The maximum absolute atomic E-state index is 7.26. The van der Waals surface area contributed by atoms with Crippen LogP contribution in [0, 0.1) is 24.7 Å². The zero-order chi connectivity index (χ0) is 46.3. The van der Waals surface area contributed by atoms with E-state index in [9.17, 15) is 0 Å². The Morgan fingerprint density at radius 3 is 1.21 bits per heavy atom. The smallest absolute Gasteiger partial charge is 0.366 e. The van der Waals surface area contributed by atoms with Gasteiger partial charge in [-0.05, 0) is 107 Å². The Morgan fingerprint density at radius 2 is 0.794 bits per heavy atom. The first-order chi connectivity index (χ1) is 32.1. The summed E-state index contributed by atoms with van der Waals surface area (Å²) < 4.78 is 0. The molecular formula is C62H56Au2P2Si2+2. The first-order valence-electron chi connectivity index (χ1n) is 22.8. The van der Waals surface area contributed by atoms with Crippen LogP contribution in [-0.2, 0) is 44.8 Å². The van der Waals surface area contributed by atoms with Crippen molar-refractivity contribution in [2.75, 3.05) is 0 Å². The molecule has 0 bridgehead atoms. The molecule has 0 spiro atoms. The van der Waals surface area contributed by atoms with Crippen molar-refractivity contribution >= 4 is 79.3 Å². The Balaban J connectivity index is 0.000000179. The van der Waals surface area contributed by atoms with Crippen molar-refractivity contribution < 1.29 is 44.8 Å². The maximum atomic E-state index is 7.26. The van der Waals surface area contributed by atoms with E-state index < -0.39 is 32.0 Å². The van der Waals surface area contributed by atoms with Crippen molar-refractivity contribution in [3.8, 4) is 34.1 Å². The van der Waals surface area contributed by atoms with Crippen LogP contribution < -0.4 is 47.3 Å². The Hall–Kier alpha value is -4.87. The third-order valence-corrected chi connectivity index (χ3v) is 26.1. The summed E-state index contributed by atoms with van der Waals surface area (Å²) in [6.45, 7) is 13.8. The minimum atomic E-state index is -1.55. The van der Waals surface area contributed by atoms with Gasteiger partial charge < -0.3 is 12.8 Å². The molecule has 0 fully saturated rings. The largest absolute Gasteiger partial charge is 1.00 e. The molecule has 342 valence electrons. The van der Waals surface area contributed by atoms with Gasteiger partial charge in [0.05, 0.1) is 5.31 Å². The van der Waals surface area contributed by atoms with Crippen LogP contribution in [0.15, 0.2) is 224 Å². The molecule has 0 saturated heterocycles. The van der Waals surface area contributed by atoms with E-state index in [2.05, 4.69) is 258 Å². The number of hydrogen-bond acceptors (Lipinski definition) is 0. The summed E-state index contributed by atoms with van der Waals surface area (Å²) in [6.07, 6.45) is 21.3. The van der Waals surface area contributed by atoms with E-state index in [0.29, 0.717) is 0 Å². The first-order valence-corrected chi connectivity index (χ1v) is 31.8. The zero-order valence-electron chi connectivity index (χ0n) is 39.4. The van der Waals surface area contributed by atoms with E-state index in [1.54, 1.807) is 0 Å². The van der Waals surface area contributed by atoms with E-state index in [4.69, 9.17) is 12.8 Å². The molecule has 68 heavy (non-hydrogen) atoms. The Bertz CT molecular complexity index is 2990. The quantitative estimate of drug-likeness (QED) is 0.0491. The van der Waals surface area contributed by atoms with Gasteiger partial charge in [-0.2, -0.15) is 0 Å². The Kier molecular flexibility index (Phi) is 18.2. The summed E-state index contributed by atoms with van der Waals surface area (Å²) >= 11 is 0. The molecule has 8 aromatic rings. The van der Waals surface area contributed by atoms with Gasteiger partial charge in [-0.1, -0.05) is 170 Å². The Morgan fingerprint density at radius 1 is 0.426 bits per heavy atom. The van der Waals surface area contributed by atoms with Crippen molar-refractivity contribution in [1.82, 2.24) is 0 Å². The van der Waals surface area contributed by atoms with Crippen LogP contribution in [0.4, 0.5) is 0 Å². The minimum absolute atomic E-state index is 0. The topological polar surface area (TPSA) is 0 Å². The molecule has 1 atom stereocenters. The molecular weight excluding hydrogens is 1260 g/mol. The van der Waals surface area contributed by atoms with Gasteiger partial charge in [0.25, 0.3) is 0 Å². The Labute approximate surface area is 442 Å². The predicted octanol–water partition coefficient (Wildman–Crippen LogP) is 10.7. The van der Waals surface area contributed by atoms with Crippen molar-refractivity contribution in [2.24, 2.45) is 0 Å². The van der Waals surface area contributed by atoms with Crippen molar-refractivity contribution in [1.29, 1.82) is 0 Å². The molecule has 2 aliphatic heterocycles. The van der Waals surface area contributed by atoms with Crippen LogP contribution in [-0.4, -0.2) is 16.1 Å². The summed E-state index contributed by atoms with van der Waals surface area (Å²) in [4.78, 5) is 0. The van der Waals surface area contributed by atoms with E-state index >= 15 is 0 Å². The van der Waals surface area contributed by atoms with E-state index in [0.717, 1.165) is 11.1 Å². The molecule has 8 aromatic carbocycles. The van der Waals surface area contributed by atoms with Crippen LogP contribution in [0.3, 0.4) is 0 Å². The molecule has 0 radical (unpaired) electrons. The fraction of sp³-hybridized carbons (Fsp3) is 0.0968. The number of allylic oxidation sites excluding steroid dienone is 4. The SMILES string of the molecule is C/C=C\C(=C/C)[PH+](c1ccccc1)c1ccccc1[PH+](c1ccccc1)c1ccccc1.[Au+].[Au+].[C-]#Cc1ccc2c(c1)[Si](C)(C)c1ccccc1-2.[C-]#Cc1ccc2c(c1)[Si](C)(C)c1ccccc1-2. The molecule has 0 saturated carbocycles. The average molecular weight is 1310 g/mol. The fourth-order valence-corrected chi connectivity index (χ4v) is 22.1. The molecule has 0 nitrogen and oxygen atoms in total. The molecule has 0 amide bonds. The number of hydrogen-bond donors (Lipinski definition) is 0. The van der Waals surface area contributed by atoms with Gasteiger partial charge in [0, 0.05) is 0 Å². The van der Waals surface area contributed by atoms with E-state index in [1.165, 1.54) is 74.8 Å². The van der Waals surface area contributed by atoms with Crippen LogP contribution >= 0.6 is 15.8 Å². The average Bonchev–Trinajstić information content (AvgIpc) is 3.74.